The van der Waals surface area contributed by atoms with E-state index in [2.05, 4.69) is 17.3 Å². The average Bonchev–Trinajstić information content (AvgIpc) is 3.28. The Morgan fingerprint density at radius 3 is 2.49 bits per heavy atom. The van der Waals surface area contributed by atoms with Crippen molar-refractivity contribution in [2.75, 3.05) is 31.1 Å². The van der Waals surface area contributed by atoms with Gasteiger partial charge in [0, 0.05) is 13.1 Å². The Hall–Kier alpha value is -3.43. The van der Waals surface area contributed by atoms with Crippen molar-refractivity contribution < 1.29 is 22.5 Å². The lowest BCUT2D eigenvalue weighted by molar-refractivity contribution is -0.123. The zero-order chi connectivity index (χ0) is 27.9. The zero-order valence-corrected chi connectivity index (χ0v) is 24.0. The van der Waals surface area contributed by atoms with E-state index >= 15 is 0 Å². The zero-order valence-electron chi connectivity index (χ0n) is 23.2. The molecule has 3 heterocycles. The quantitative estimate of drug-likeness (QED) is 0.434. The highest BCUT2D eigenvalue weighted by atomic mass is 32.2. The van der Waals surface area contributed by atoms with Gasteiger partial charge in [-0.3, -0.25) is 4.79 Å². The van der Waals surface area contributed by atoms with Gasteiger partial charge in [-0.15, -0.1) is 0 Å². The first-order valence-corrected chi connectivity index (χ1v) is 14.8. The predicted molar refractivity (Wildman–Crippen MR) is 151 cm³/mol. The SMILES string of the molecule is Cc1cc(C)c(C=Cc2onc(C)c2S(=O)(=O)N2CCCC(C(=O)N3CCOc4ccc(C)cc43)C2)c(C)c1. The Bertz CT molecular complexity index is 1530. The minimum Gasteiger partial charge on any atom is -0.490 e. The summed E-state index contributed by atoms with van der Waals surface area (Å²) in [5.74, 6) is 0.350. The van der Waals surface area contributed by atoms with E-state index in [1.165, 1.54) is 9.87 Å². The fourth-order valence-corrected chi connectivity index (χ4v) is 7.45. The second kappa shape index (κ2) is 10.6. The molecule has 9 heteroatoms. The minimum atomic E-state index is -3.95. The molecule has 0 spiro atoms. The van der Waals surface area contributed by atoms with Crippen molar-refractivity contribution in [2.45, 2.75) is 52.4 Å². The highest BCUT2D eigenvalue weighted by Gasteiger charge is 2.39. The van der Waals surface area contributed by atoms with Crippen molar-refractivity contribution in [3.05, 3.63) is 69.6 Å². The van der Waals surface area contributed by atoms with E-state index in [4.69, 9.17) is 9.26 Å². The van der Waals surface area contributed by atoms with Crippen LogP contribution >= 0.6 is 0 Å². The van der Waals surface area contributed by atoms with Crippen LogP contribution < -0.4 is 9.64 Å². The van der Waals surface area contributed by atoms with Crippen LogP contribution in [0.4, 0.5) is 5.69 Å². The number of hydrogen-bond donors (Lipinski definition) is 0. The molecule has 0 aliphatic carbocycles. The molecule has 0 radical (unpaired) electrons. The van der Waals surface area contributed by atoms with E-state index in [0.717, 1.165) is 27.9 Å². The molecule has 2 aliphatic heterocycles. The van der Waals surface area contributed by atoms with Crippen LogP contribution in [-0.2, 0) is 14.8 Å². The van der Waals surface area contributed by atoms with Crippen LogP contribution in [0, 0.1) is 40.5 Å². The van der Waals surface area contributed by atoms with E-state index in [1.807, 2.05) is 52.0 Å². The Labute approximate surface area is 230 Å². The lowest BCUT2D eigenvalue weighted by atomic mass is 9.97. The molecule has 1 fully saturated rings. The van der Waals surface area contributed by atoms with Gasteiger partial charge in [0.1, 0.15) is 18.1 Å². The molecule has 39 heavy (non-hydrogen) atoms. The fraction of sp³-hybridized carbons (Fsp3) is 0.400. The third-order valence-corrected chi connectivity index (χ3v) is 9.57. The fourth-order valence-electron chi connectivity index (χ4n) is 5.68. The summed E-state index contributed by atoms with van der Waals surface area (Å²) in [7, 11) is -3.95. The number of nitrogens with zero attached hydrogens (tertiary/aromatic N) is 3. The summed E-state index contributed by atoms with van der Waals surface area (Å²) in [5, 5.41) is 3.99. The molecule has 0 bridgehead atoms. The first-order valence-electron chi connectivity index (χ1n) is 13.3. The van der Waals surface area contributed by atoms with Crippen LogP contribution in [0.15, 0.2) is 39.8 Å². The number of benzene rings is 2. The summed E-state index contributed by atoms with van der Waals surface area (Å²) in [6.07, 6.45) is 4.78. The molecule has 3 aromatic rings. The number of anilines is 1. The van der Waals surface area contributed by atoms with Gasteiger partial charge in [0.05, 0.1) is 18.2 Å². The summed E-state index contributed by atoms with van der Waals surface area (Å²) in [6, 6.07) is 9.96. The first-order chi connectivity index (χ1) is 18.6. The number of fused-ring (bicyclic) bond motifs is 1. The third-order valence-electron chi connectivity index (χ3n) is 7.55. The number of rotatable bonds is 5. The molecule has 1 amide bonds. The number of aryl methyl sites for hydroxylation is 5. The largest absolute Gasteiger partial charge is 0.490 e. The van der Waals surface area contributed by atoms with E-state index < -0.39 is 15.9 Å². The molecule has 8 nitrogen and oxygen atoms in total. The van der Waals surface area contributed by atoms with Gasteiger partial charge in [0.25, 0.3) is 0 Å². The number of amides is 1. The molecule has 2 aromatic carbocycles. The van der Waals surface area contributed by atoms with E-state index in [1.54, 1.807) is 17.9 Å². The topological polar surface area (TPSA) is 93.0 Å². The predicted octanol–water partition coefficient (Wildman–Crippen LogP) is 5.21. The van der Waals surface area contributed by atoms with Gasteiger partial charge in [-0.25, -0.2) is 8.42 Å². The maximum absolute atomic E-state index is 13.9. The molecule has 1 unspecified atom stereocenters. The van der Waals surface area contributed by atoms with Gasteiger partial charge in [0.2, 0.25) is 15.9 Å². The second-order valence-corrected chi connectivity index (χ2v) is 12.5. The van der Waals surface area contributed by atoms with Crippen LogP contribution in [0.25, 0.3) is 12.2 Å². The van der Waals surface area contributed by atoms with Crippen LogP contribution in [0.5, 0.6) is 5.75 Å². The van der Waals surface area contributed by atoms with Crippen molar-refractivity contribution in [3.63, 3.8) is 0 Å². The molecule has 2 aliphatic rings. The molecular weight excluding hydrogens is 514 g/mol. The van der Waals surface area contributed by atoms with Crippen molar-refractivity contribution in [2.24, 2.45) is 5.92 Å². The van der Waals surface area contributed by atoms with Crippen molar-refractivity contribution in [1.82, 2.24) is 9.46 Å². The Morgan fingerprint density at radius 1 is 1.00 bits per heavy atom. The van der Waals surface area contributed by atoms with Crippen LogP contribution in [0.1, 0.15) is 52.1 Å². The lowest BCUT2D eigenvalue weighted by Crippen LogP contribution is -2.48. The minimum absolute atomic E-state index is 0.0570. The van der Waals surface area contributed by atoms with Gasteiger partial charge in [-0.05, 0) is 87.9 Å². The highest BCUT2D eigenvalue weighted by molar-refractivity contribution is 7.89. The summed E-state index contributed by atoms with van der Waals surface area (Å²) < 4.78 is 40.5. The average molecular weight is 550 g/mol. The number of sulfonamides is 1. The number of carbonyl (C=O) groups is 1. The smallest absolute Gasteiger partial charge is 0.248 e. The number of aromatic nitrogens is 1. The Kier molecular flexibility index (Phi) is 7.39. The lowest BCUT2D eigenvalue weighted by Gasteiger charge is -2.36. The highest BCUT2D eigenvalue weighted by Crippen LogP contribution is 2.35. The van der Waals surface area contributed by atoms with Gasteiger partial charge in [-0.1, -0.05) is 35.0 Å². The van der Waals surface area contributed by atoms with E-state index in [-0.39, 0.29) is 23.1 Å². The summed E-state index contributed by atoms with van der Waals surface area (Å²) in [6.45, 7) is 11.0. The van der Waals surface area contributed by atoms with Gasteiger partial charge >= 0.3 is 0 Å². The maximum atomic E-state index is 13.9. The van der Waals surface area contributed by atoms with Crippen LogP contribution in [-0.4, -0.2) is 50.0 Å². The summed E-state index contributed by atoms with van der Waals surface area (Å²) in [4.78, 5) is 15.5. The Morgan fingerprint density at radius 2 is 1.74 bits per heavy atom. The van der Waals surface area contributed by atoms with Crippen molar-refractivity contribution >= 4 is 33.8 Å². The molecule has 5 rings (SSSR count). The number of ether oxygens (including phenoxy) is 1. The number of hydrogen-bond acceptors (Lipinski definition) is 6. The molecule has 1 atom stereocenters. The van der Waals surface area contributed by atoms with Crippen molar-refractivity contribution in [3.8, 4) is 5.75 Å². The molecular formula is C30H35N3O5S. The van der Waals surface area contributed by atoms with E-state index in [0.29, 0.717) is 44.0 Å². The normalized spacial score (nSPS) is 18.3. The molecule has 1 saturated heterocycles. The monoisotopic (exact) mass is 549 g/mol. The maximum Gasteiger partial charge on any atom is 0.248 e. The second-order valence-electron chi connectivity index (χ2n) is 10.6. The summed E-state index contributed by atoms with van der Waals surface area (Å²) in [5.41, 5.74) is 6.47. The van der Waals surface area contributed by atoms with Crippen LogP contribution in [0.3, 0.4) is 0 Å². The molecule has 1 aromatic heterocycles. The number of carbonyl (C=O) groups excluding carboxylic acids is 1. The van der Waals surface area contributed by atoms with Crippen LogP contribution in [0.2, 0.25) is 0 Å². The number of piperidine rings is 1. The summed E-state index contributed by atoms with van der Waals surface area (Å²) >= 11 is 0. The van der Waals surface area contributed by atoms with Gasteiger partial charge in [-0.2, -0.15) is 4.31 Å². The third kappa shape index (κ3) is 5.25. The molecule has 0 saturated carbocycles. The van der Waals surface area contributed by atoms with Gasteiger partial charge < -0.3 is 14.2 Å². The first kappa shape index (κ1) is 27.1. The van der Waals surface area contributed by atoms with Gasteiger partial charge in [0.15, 0.2) is 10.7 Å². The molecule has 206 valence electrons. The van der Waals surface area contributed by atoms with Crippen molar-refractivity contribution in [1.29, 1.82) is 0 Å². The Balaban J connectivity index is 1.40. The van der Waals surface area contributed by atoms with E-state index in [9.17, 15) is 13.2 Å². The molecule has 0 N–H and O–H groups in total. The standard InChI is InChI=1S/C30H35N3O5S/c1-19-8-10-27-26(17-19)33(13-14-37-27)30(34)24-7-6-12-32(18-24)39(35,36)29-23(5)31-38-28(29)11-9-25-21(3)15-20(2)16-22(25)4/h8-11,15-17,24H,6-7,12-14,18H2,1-5H3.